The first-order valence-electron chi connectivity index (χ1n) is 7.80. The first-order chi connectivity index (χ1) is 10.7. The maximum absolute atomic E-state index is 6.34. The SMILES string of the molecule is NC1(c2noc(/C=C/c3ccc4c(c3)CCO4)n2)CCCC1. The van der Waals surface area contributed by atoms with Gasteiger partial charge in [-0.1, -0.05) is 24.1 Å². The van der Waals surface area contributed by atoms with Crippen molar-refractivity contribution in [3.8, 4) is 5.75 Å². The van der Waals surface area contributed by atoms with E-state index in [1.54, 1.807) is 0 Å². The van der Waals surface area contributed by atoms with Gasteiger partial charge in [-0.15, -0.1) is 0 Å². The first kappa shape index (κ1) is 13.5. The van der Waals surface area contributed by atoms with Crippen LogP contribution in [0.5, 0.6) is 5.75 Å². The van der Waals surface area contributed by atoms with Crippen LogP contribution in [0, 0.1) is 0 Å². The predicted octanol–water partition coefficient (Wildman–Crippen LogP) is 2.90. The quantitative estimate of drug-likeness (QED) is 0.943. The average molecular weight is 297 g/mol. The van der Waals surface area contributed by atoms with Gasteiger partial charge in [-0.05, 0) is 42.2 Å². The number of nitrogens with two attached hydrogens (primary N) is 1. The second kappa shape index (κ2) is 5.25. The number of nitrogens with zero attached hydrogens (tertiary/aromatic N) is 2. The largest absolute Gasteiger partial charge is 0.493 e. The zero-order valence-electron chi connectivity index (χ0n) is 12.4. The molecule has 2 aromatic rings. The molecule has 0 atom stereocenters. The zero-order valence-corrected chi connectivity index (χ0v) is 12.4. The minimum atomic E-state index is -0.402. The Bertz CT molecular complexity index is 714. The van der Waals surface area contributed by atoms with Crippen LogP contribution in [-0.4, -0.2) is 16.7 Å². The van der Waals surface area contributed by atoms with Crippen molar-refractivity contribution >= 4 is 12.2 Å². The fourth-order valence-corrected chi connectivity index (χ4v) is 3.21. The van der Waals surface area contributed by atoms with Gasteiger partial charge < -0.3 is 15.0 Å². The van der Waals surface area contributed by atoms with Crippen molar-refractivity contribution in [2.45, 2.75) is 37.6 Å². The molecule has 1 saturated carbocycles. The van der Waals surface area contributed by atoms with Crippen LogP contribution in [0.15, 0.2) is 22.7 Å². The molecule has 2 aliphatic rings. The molecule has 5 nitrogen and oxygen atoms in total. The van der Waals surface area contributed by atoms with E-state index < -0.39 is 5.54 Å². The van der Waals surface area contributed by atoms with Crippen molar-refractivity contribution in [2.24, 2.45) is 5.73 Å². The number of ether oxygens (including phenoxy) is 1. The summed E-state index contributed by atoms with van der Waals surface area (Å²) in [6, 6.07) is 6.17. The highest BCUT2D eigenvalue weighted by atomic mass is 16.5. The monoisotopic (exact) mass is 297 g/mol. The molecular weight excluding hydrogens is 278 g/mol. The maximum Gasteiger partial charge on any atom is 0.250 e. The highest BCUT2D eigenvalue weighted by molar-refractivity contribution is 5.67. The molecule has 1 fully saturated rings. The molecule has 114 valence electrons. The standard InChI is InChI=1S/C17H19N3O2/c18-17(8-1-2-9-17)16-19-15(22-20-16)6-4-12-3-5-14-13(11-12)7-10-21-14/h3-6,11H,1-2,7-10,18H2/b6-4+. The van der Waals surface area contributed by atoms with Gasteiger partial charge in [0.05, 0.1) is 12.1 Å². The number of benzene rings is 1. The van der Waals surface area contributed by atoms with Crippen LogP contribution in [0.1, 0.15) is 48.5 Å². The summed E-state index contributed by atoms with van der Waals surface area (Å²) in [5.74, 6) is 2.12. The van der Waals surface area contributed by atoms with E-state index in [4.69, 9.17) is 15.0 Å². The summed E-state index contributed by atoms with van der Waals surface area (Å²) >= 11 is 0. The Balaban J connectivity index is 1.52. The first-order valence-corrected chi connectivity index (χ1v) is 7.80. The van der Waals surface area contributed by atoms with E-state index in [0.29, 0.717) is 11.7 Å². The summed E-state index contributed by atoms with van der Waals surface area (Å²) in [7, 11) is 0. The molecule has 1 aromatic heterocycles. The second-order valence-electron chi connectivity index (χ2n) is 6.12. The Morgan fingerprint density at radius 3 is 2.91 bits per heavy atom. The topological polar surface area (TPSA) is 74.2 Å². The fourth-order valence-electron chi connectivity index (χ4n) is 3.21. The summed E-state index contributed by atoms with van der Waals surface area (Å²) in [6.45, 7) is 0.772. The van der Waals surface area contributed by atoms with Crippen molar-refractivity contribution in [1.82, 2.24) is 10.1 Å². The van der Waals surface area contributed by atoms with Gasteiger partial charge in [0, 0.05) is 12.5 Å². The van der Waals surface area contributed by atoms with E-state index in [2.05, 4.69) is 16.2 Å². The summed E-state index contributed by atoms with van der Waals surface area (Å²) < 4.78 is 10.8. The number of aromatic nitrogens is 2. The van der Waals surface area contributed by atoms with E-state index in [9.17, 15) is 0 Å². The fraction of sp³-hybridized carbons (Fsp3) is 0.412. The molecule has 1 aliphatic heterocycles. The molecule has 0 radical (unpaired) electrons. The third kappa shape index (κ3) is 2.41. The second-order valence-corrected chi connectivity index (χ2v) is 6.12. The summed E-state index contributed by atoms with van der Waals surface area (Å²) in [6.07, 6.45) is 8.92. The highest BCUT2D eigenvalue weighted by Gasteiger charge is 2.35. The Labute approximate surface area is 129 Å². The normalized spacial score (nSPS) is 19.5. The van der Waals surface area contributed by atoms with Crippen LogP contribution in [0.25, 0.3) is 12.2 Å². The average Bonchev–Trinajstić information content (AvgIpc) is 3.25. The lowest BCUT2D eigenvalue weighted by molar-refractivity contribution is 0.357. The number of hydrogen-bond acceptors (Lipinski definition) is 5. The molecule has 5 heteroatoms. The van der Waals surface area contributed by atoms with Crippen LogP contribution in [0.4, 0.5) is 0 Å². The molecule has 0 bridgehead atoms. The summed E-state index contributed by atoms with van der Waals surface area (Å²) in [4.78, 5) is 4.44. The molecule has 4 rings (SSSR count). The summed E-state index contributed by atoms with van der Waals surface area (Å²) in [5, 5.41) is 4.06. The van der Waals surface area contributed by atoms with Crippen molar-refractivity contribution in [2.75, 3.05) is 6.61 Å². The number of rotatable bonds is 3. The van der Waals surface area contributed by atoms with E-state index in [1.165, 1.54) is 5.56 Å². The smallest absolute Gasteiger partial charge is 0.250 e. The van der Waals surface area contributed by atoms with Gasteiger partial charge in [-0.3, -0.25) is 0 Å². The molecule has 0 unspecified atom stereocenters. The maximum atomic E-state index is 6.34. The molecule has 2 N–H and O–H groups in total. The van der Waals surface area contributed by atoms with Gasteiger partial charge in [0.1, 0.15) is 5.75 Å². The minimum absolute atomic E-state index is 0.402. The number of fused-ring (bicyclic) bond motifs is 1. The van der Waals surface area contributed by atoms with Crippen LogP contribution < -0.4 is 10.5 Å². The molecule has 0 saturated heterocycles. The molecule has 1 aliphatic carbocycles. The Morgan fingerprint density at radius 2 is 2.05 bits per heavy atom. The van der Waals surface area contributed by atoms with E-state index in [0.717, 1.165) is 50.0 Å². The zero-order chi connectivity index (χ0) is 15.0. The predicted molar refractivity (Wildman–Crippen MR) is 83.2 cm³/mol. The lowest BCUT2D eigenvalue weighted by Crippen LogP contribution is -2.34. The molecule has 1 aromatic carbocycles. The number of hydrogen-bond donors (Lipinski definition) is 1. The molecule has 0 spiro atoms. The van der Waals surface area contributed by atoms with Gasteiger partial charge >= 0.3 is 0 Å². The lowest BCUT2D eigenvalue weighted by Gasteiger charge is -2.17. The lowest BCUT2D eigenvalue weighted by atomic mass is 9.99. The van der Waals surface area contributed by atoms with E-state index in [1.807, 2.05) is 24.3 Å². The van der Waals surface area contributed by atoms with Gasteiger partial charge in [-0.25, -0.2) is 0 Å². The molecule has 2 heterocycles. The van der Waals surface area contributed by atoms with E-state index >= 15 is 0 Å². The Morgan fingerprint density at radius 1 is 1.18 bits per heavy atom. The van der Waals surface area contributed by atoms with Crippen molar-refractivity contribution in [3.63, 3.8) is 0 Å². The van der Waals surface area contributed by atoms with Gasteiger partial charge in [0.15, 0.2) is 5.82 Å². The van der Waals surface area contributed by atoms with Crippen molar-refractivity contribution in [3.05, 3.63) is 41.0 Å². The van der Waals surface area contributed by atoms with E-state index in [-0.39, 0.29) is 0 Å². The van der Waals surface area contributed by atoms with Crippen LogP contribution >= 0.6 is 0 Å². The third-order valence-electron chi connectivity index (χ3n) is 4.51. The Hall–Kier alpha value is -2.14. The van der Waals surface area contributed by atoms with Crippen LogP contribution in [0.2, 0.25) is 0 Å². The molecular formula is C17H19N3O2. The van der Waals surface area contributed by atoms with Gasteiger partial charge in [-0.2, -0.15) is 4.98 Å². The highest BCUT2D eigenvalue weighted by Crippen LogP contribution is 2.34. The minimum Gasteiger partial charge on any atom is -0.493 e. The van der Waals surface area contributed by atoms with Gasteiger partial charge in [0.2, 0.25) is 0 Å². The molecule has 22 heavy (non-hydrogen) atoms. The van der Waals surface area contributed by atoms with Crippen LogP contribution in [-0.2, 0) is 12.0 Å². The Kier molecular flexibility index (Phi) is 3.22. The van der Waals surface area contributed by atoms with Crippen molar-refractivity contribution in [1.29, 1.82) is 0 Å². The van der Waals surface area contributed by atoms with Crippen molar-refractivity contribution < 1.29 is 9.26 Å². The third-order valence-corrected chi connectivity index (χ3v) is 4.51. The molecule has 0 amide bonds. The van der Waals surface area contributed by atoms with Crippen LogP contribution in [0.3, 0.4) is 0 Å². The van der Waals surface area contributed by atoms with Gasteiger partial charge in [0.25, 0.3) is 5.89 Å². The summed E-state index contributed by atoms with van der Waals surface area (Å²) in [5.41, 5.74) is 8.29.